The van der Waals surface area contributed by atoms with Crippen LogP contribution in [-0.2, 0) is 0 Å². The molecule has 0 atom stereocenters. The van der Waals surface area contributed by atoms with Gasteiger partial charge in [0, 0.05) is 36.9 Å². The average Bonchev–Trinajstić information content (AvgIpc) is 3.07. The van der Waals surface area contributed by atoms with Gasteiger partial charge in [0.05, 0.1) is 11.3 Å². The van der Waals surface area contributed by atoms with Crippen LogP contribution < -0.4 is 19.7 Å². The normalized spacial score (nSPS) is 12.5. The smallest absolute Gasteiger partial charge is 0.260 e. The number of thiazole rings is 1. The summed E-state index contributed by atoms with van der Waals surface area (Å²) in [5.41, 5.74) is 2.09. The maximum atomic E-state index is 12.5. The second-order valence-corrected chi connectivity index (χ2v) is 7.61. The van der Waals surface area contributed by atoms with E-state index in [4.69, 9.17) is 9.47 Å². The van der Waals surface area contributed by atoms with Gasteiger partial charge in [-0.05, 0) is 25.1 Å². The Hall–Kier alpha value is -3.20. The Morgan fingerprint density at radius 3 is 2.57 bits per heavy atom. The zero-order chi connectivity index (χ0) is 19.7. The first-order valence-corrected chi connectivity index (χ1v) is 9.51. The van der Waals surface area contributed by atoms with Gasteiger partial charge in [-0.1, -0.05) is 0 Å². The second-order valence-electron chi connectivity index (χ2n) is 6.40. The number of aromatic nitrogens is 3. The molecule has 3 aromatic rings. The lowest BCUT2D eigenvalue weighted by atomic mass is 10.1. The molecule has 1 amide bonds. The Morgan fingerprint density at radius 1 is 1.14 bits per heavy atom. The molecular weight excluding hydrogens is 378 g/mol. The first-order chi connectivity index (χ1) is 13.5. The molecule has 1 aromatic carbocycles. The molecule has 0 bridgehead atoms. The van der Waals surface area contributed by atoms with E-state index in [1.807, 2.05) is 39.2 Å². The number of rotatable bonds is 4. The van der Waals surface area contributed by atoms with Gasteiger partial charge in [0.2, 0.25) is 5.95 Å². The maximum absolute atomic E-state index is 12.5. The molecule has 1 aliphatic rings. The summed E-state index contributed by atoms with van der Waals surface area (Å²) in [4.78, 5) is 28.1. The quantitative estimate of drug-likeness (QED) is 0.724. The molecule has 0 fully saturated rings. The summed E-state index contributed by atoms with van der Waals surface area (Å²) >= 11 is 1.41. The van der Waals surface area contributed by atoms with E-state index in [0.717, 1.165) is 21.9 Å². The van der Waals surface area contributed by atoms with Gasteiger partial charge >= 0.3 is 0 Å². The standard InChI is InChI=1S/C19H19N5O3S/c1-11-16(12-4-5-14-15(8-12)27-7-6-26-14)22-19(28-11)23-17(25)13-9-20-18(21-10-13)24(2)3/h4-5,8-10H,6-7H2,1-3H3,(H,22,23,25). The number of ether oxygens (including phenoxy) is 2. The molecule has 2 aromatic heterocycles. The summed E-state index contributed by atoms with van der Waals surface area (Å²) in [6.45, 7) is 3.05. The number of nitrogens with zero attached hydrogens (tertiary/aromatic N) is 4. The summed E-state index contributed by atoms with van der Waals surface area (Å²) in [6.07, 6.45) is 3.00. The Balaban J connectivity index is 1.53. The zero-order valence-corrected chi connectivity index (χ0v) is 16.5. The number of benzene rings is 1. The Bertz CT molecular complexity index is 1020. The van der Waals surface area contributed by atoms with E-state index in [2.05, 4.69) is 20.3 Å². The molecule has 28 heavy (non-hydrogen) atoms. The summed E-state index contributed by atoms with van der Waals surface area (Å²) in [5.74, 6) is 1.69. The summed E-state index contributed by atoms with van der Waals surface area (Å²) in [6, 6.07) is 5.73. The van der Waals surface area contributed by atoms with E-state index in [-0.39, 0.29) is 5.91 Å². The minimum atomic E-state index is -0.298. The first kappa shape index (κ1) is 18.2. The Kier molecular flexibility index (Phi) is 4.82. The molecular formula is C19H19N5O3S. The van der Waals surface area contributed by atoms with E-state index in [1.54, 1.807) is 4.90 Å². The van der Waals surface area contributed by atoms with E-state index in [9.17, 15) is 4.79 Å². The van der Waals surface area contributed by atoms with Gasteiger partial charge in [-0.3, -0.25) is 10.1 Å². The topological polar surface area (TPSA) is 89.5 Å². The van der Waals surface area contributed by atoms with Crippen molar-refractivity contribution in [2.24, 2.45) is 0 Å². The van der Waals surface area contributed by atoms with Crippen LogP contribution in [-0.4, -0.2) is 48.2 Å². The lowest BCUT2D eigenvalue weighted by Gasteiger charge is -2.18. The molecule has 0 spiro atoms. The van der Waals surface area contributed by atoms with Crippen LogP contribution in [0.1, 0.15) is 15.2 Å². The lowest BCUT2D eigenvalue weighted by molar-refractivity contribution is 0.102. The number of carbonyl (C=O) groups excluding carboxylic acids is 1. The monoisotopic (exact) mass is 397 g/mol. The van der Waals surface area contributed by atoms with Crippen molar-refractivity contribution in [3.63, 3.8) is 0 Å². The Morgan fingerprint density at radius 2 is 1.86 bits per heavy atom. The number of nitrogens with one attached hydrogen (secondary N) is 1. The van der Waals surface area contributed by atoms with Crippen LogP contribution >= 0.6 is 11.3 Å². The summed E-state index contributed by atoms with van der Waals surface area (Å²) in [5, 5.41) is 3.34. The van der Waals surface area contributed by atoms with E-state index in [1.165, 1.54) is 23.7 Å². The van der Waals surface area contributed by atoms with Crippen molar-refractivity contribution in [2.45, 2.75) is 6.92 Å². The SMILES string of the molecule is Cc1sc(NC(=O)c2cnc(N(C)C)nc2)nc1-c1ccc2c(c1)OCCO2. The van der Waals surface area contributed by atoms with Crippen molar-refractivity contribution in [2.75, 3.05) is 37.5 Å². The van der Waals surface area contributed by atoms with Crippen LogP contribution in [0, 0.1) is 6.92 Å². The molecule has 1 aliphatic heterocycles. The molecule has 4 rings (SSSR count). The third-order valence-electron chi connectivity index (χ3n) is 4.13. The Labute approximate surface area is 166 Å². The third-order valence-corrected chi connectivity index (χ3v) is 5.02. The van der Waals surface area contributed by atoms with Crippen molar-refractivity contribution in [1.82, 2.24) is 15.0 Å². The number of amides is 1. The van der Waals surface area contributed by atoms with Crippen molar-refractivity contribution in [3.8, 4) is 22.8 Å². The summed E-state index contributed by atoms with van der Waals surface area (Å²) in [7, 11) is 3.68. The number of hydrogen-bond donors (Lipinski definition) is 1. The minimum Gasteiger partial charge on any atom is -0.486 e. The van der Waals surface area contributed by atoms with Gasteiger partial charge in [-0.2, -0.15) is 0 Å². The molecule has 0 saturated carbocycles. The molecule has 0 aliphatic carbocycles. The molecule has 144 valence electrons. The van der Waals surface area contributed by atoms with Gasteiger partial charge in [0.25, 0.3) is 5.91 Å². The molecule has 9 heteroatoms. The van der Waals surface area contributed by atoms with Crippen LogP contribution in [0.2, 0.25) is 0 Å². The number of fused-ring (bicyclic) bond motifs is 1. The molecule has 0 radical (unpaired) electrons. The predicted molar refractivity (Wildman–Crippen MR) is 108 cm³/mol. The van der Waals surface area contributed by atoms with Crippen LogP contribution in [0.4, 0.5) is 11.1 Å². The average molecular weight is 397 g/mol. The number of hydrogen-bond acceptors (Lipinski definition) is 8. The highest BCUT2D eigenvalue weighted by atomic mass is 32.1. The fraction of sp³-hybridized carbons (Fsp3) is 0.263. The van der Waals surface area contributed by atoms with E-state index >= 15 is 0 Å². The van der Waals surface area contributed by atoms with Crippen LogP contribution in [0.15, 0.2) is 30.6 Å². The lowest BCUT2D eigenvalue weighted by Crippen LogP contribution is -2.16. The molecule has 3 heterocycles. The molecule has 8 nitrogen and oxygen atoms in total. The van der Waals surface area contributed by atoms with Crippen molar-refractivity contribution in [1.29, 1.82) is 0 Å². The minimum absolute atomic E-state index is 0.298. The molecule has 0 unspecified atom stereocenters. The number of aryl methyl sites for hydroxylation is 1. The highest BCUT2D eigenvalue weighted by Gasteiger charge is 2.17. The van der Waals surface area contributed by atoms with Crippen molar-refractivity contribution in [3.05, 3.63) is 41.0 Å². The van der Waals surface area contributed by atoms with Crippen molar-refractivity contribution < 1.29 is 14.3 Å². The fourth-order valence-electron chi connectivity index (χ4n) is 2.75. The maximum Gasteiger partial charge on any atom is 0.260 e. The molecule has 0 saturated heterocycles. The van der Waals surface area contributed by atoms with Crippen LogP contribution in [0.25, 0.3) is 11.3 Å². The van der Waals surface area contributed by atoms with Crippen molar-refractivity contribution >= 4 is 28.3 Å². The van der Waals surface area contributed by atoms with E-state index < -0.39 is 0 Å². The van der Waals surface area contributed by atoms with Gasteiger partial charge in [0.15, 0.2) is 16.6 Å². The number of anilines is 2. The van der Waals surface area contributed by atoms with Crippen LogP contribution in [0.3, 0.4) is 0 Å². The number of carbonyl (C=O) groups is 1. The summed E-state index contributed by atoms with van der Waals surface area (Å²) < 4.78 is 11.2. The fourth-order valence-corrected chi connectivity index (χ4v) is 3.58. The third kappa shape index (κ3) is 3.61. The van der Waals surface area contributed by atoms with Gasteiger partial charge in [-0.15, -0.1) is 11.3 Å². The predicted octanol–water partition coefficient (Wildman–Crippen LogP) is 3.00. The second kappa shape index (κ2) is 7.43. The molecule has 1 N–H and O–H groups in total. The van der Waals surface area contributed by atoms with Crippen LogP contribution in [0.5, 0.6) is 11.5 Å². The highest BCUT2D eigenvalue weighted by Crippen LogP contribution is 2.37. The highest BCUT2D eigenvalue weighted by molar-refractivity contribution is 7.16. The van der Waals surface area contributed by atoms with Gasteiger partial charge in [-0.25, -0.2) is 15.0 Å². The largest absolute Gasteiger partial charge is 0.486 e. The van der Waals surface area contributed by atoms with Gasteiger partial charge < -0.3 is 14.4 Å². The van der Waals surface area contributed by atoms with E-state index in [0.29, 0.717) is 35.6 Å². The zero-order valence-electron chi connectivity index (χ0n) is 15.7. The van der Waals surface area contributed by atoms with Gasteiger partial charge in [0.1, 0.15) is 13.2 Å². The first-order valence-electron chi connectivity index (χ1n) is 8.69.